The summed E-state index contributed by atoms with van der Waals surface area (Å²) in [5.74, 6) is 0. The molecule has 32 valence electrons. The molecule has 0 saturated heterocycles. The number of hydrogen-bond acceptors (Lipinski definition) is 2. The Hall–Kier alpha value is -0.0151. The Balaban J connectivity index is 0. The van der Waals surface area contributed by atoms with E-state index in [0.29, 0.717) is 13.1 Å². The standard InChI is InChI=1S/C2H8N2.BH3/c3-1-2-4;/h1-4H2;1H3. The van der Waals surface area contributed by atoms with Gasteiger partial charge >= 0.3 is 0 Å². The van der Waals surface area contributed by atoms with Crippen molar-refractivity contribution in [3.05, 3.63) is 0 Å². The van der Waals surface area contributed by atoms with Crippen molar-refractivity contribution in [2.45, 2.75) is 0 Å². The summed E-state index contributed by atoms with van der Waals surface area (Å²) in [5, 5.41) is 0. The Morgan fingerprint density at radius 2 is 1.20 bits per heavy atom. The largest absolute Gasteiger partial charge is 0.329 e. The van der Waals surface area contributed by atoms with Crippen molar-refractivity contribution < 1.29 is 0 Å². The molecule has 0 aromatic rings. The fraction of sp³-hybridized carbons (Fsp3) is 1.00. The molecule has 0 bridgehead atoms. The van der Waals surface area contributed by atoms with Crippen LogP contribution in [0.4, 0.5) is 0 Å². The predicted molar refractivity (Wildman–Crippen MR) is 28.0 cm³/mol. The summed E-state index contributed by atoms with van der Waals surface area (Å²) in [7, 11) is 0. The van der Waals surface area contributed by atoms with E-state index >= 15 is 0 Å². The predicted octanol–water partition coefficient (Wildman–Crippen LogP) is -2.28. The van der Waals surface area contributed by atoms with E-state index in [9.17, 15) is 0 Å². The second-order valence-electron chi connectivity index (χ2n) is 0.577. The minimum absolute atomic E-state index is 0. The van der Waals surface area contributed by atoms with Gasteiger partial charge in [0.1, 0.15) is 0 Å². The highest BCUT2D eigenvalue weighted by molar-refractivity contribution is 5.75. The van der Waals surface area contributed by atoms with Crippen molar-refractivity contribution in [1.82, 2.24) is 0 Å². The van der Waals surface area contributed by atoms with Gasteiger partial charge in [0.05, 0.1) is 8.41 Å². The summed E-state index contributed by atoms with van der Waals surface area (Å²) in [4.78, 5) is 0. The lowest BCUT2D eigenvalue weighted by Crippen LogP contribution is -2.11. The summed E-state index contributed by atoms with van der Waals surface area (Å²) in [6.07, 6.45) is 0. The van der Waals surface area contributed by atoms with Crippen LogP contribution >= 0.6 is 0 Å². The Kier molecular flexibility index (Phi) is 16.0. The minimum atomic E-state index is 0. The van der Waals surface area contributed by atoms with Crippen LogP contribution in [0.15, 0.2) is 0 Å². The van der Waals surface area contributed by atoms with E-state index in [0.717, 1.165) is 0 Å². The first-order chi connectivity index (χ1) is 1.91. The SMILES string of the molecule is B.NCCN. The zero-order valence-electron chi connectivity index (χ0n) is 2.57. The van der Waals surface area contributed by atoms with Gasteiger partial charge in [0.2, 0.25) is 0 Å². The van der Waals surface area contributed by atoms with E-state index < -0.39 is 0 Å². The lowest BCUT2D eigenvalue weighted by molar-refractivity contribution is 0.976. The highest BCUT2D eigenvalue weighted by atomic mass is 14.6. The zero-order chi connectivity index (χ0) is 3.41. The Morgan fingerprint density at radius 3 is 1.20 bits per heavy atom. The second kappa shape index (κ2) is 9.01. The van der Waals surface area contributed by atoms with Crippen LogP contribution in [-0.4, -0.2) is 21.5 Å². The normalized spacial score (nSPS) is 6.00. The van der Waals surface area contributed by atoms with E-state index in [1.165, 1.54) is 0 Å². The van der Waals surface area contributed by atoms with Gasteiger partial charge in [-0.3, -0.25) is 0 Å². The molecule has 0 atom stereocenters. The van der Waals surface area contributed by atoms with Gasteiger partial charge < -0.3 is 11.5 Å². The maximum Gasteiger partial charge on any atom is 0.0814 e. The number of rotatable bonds is 1. The van der Waals surface area contributed by atoms with E-state index in [2.05, 4.69) is 0 Å². The molecule has 0 aromatic heterocycles. The highest BCUT2D eigenvalue weighted by Gasteiger charge is 1.54. The average Bonchev–Trinajstić information content (AvgIpc) is 1.37. The zero-order valence-corrected chi connectivity index (χ0v) is 2.57. The topological polar surface area (TPSA) is 52.0 Å². The van der Waals surface area contributed by atoms with E-state index in [-0.39, 0.29) is 8.41 Å². The summed E-state index contributed by atoms with van der Waals surface area (Å²) in [6, 6.07) is 0. The highest BCUT2D eigenvalue weighted by Crippen LogP contribution is 1.24. The first-order valence-electron chi connectivity index (χ1n) is 1.32. The first kappa shape index (κ1) is 8.88. The molecule has 0 aromatic carbocycles. The average molecular weight is 73.9 g/mol. The van der Waals surface area contributed by atoms with Gasteiger partial charge in [-0.15, -0.1) is 0 Å². The third kappa shape index (κ3) is 16.2. The third-order valence-corrected chi connectivity index (χ3v) is 0.167. The molecule has 0 aliphatic carbocycles. The van der Waals surface area contributed by atoms with Crippen LogP contribution in [0, 0.1) is 0 Å². The molecular formula is C2H11BN2. The molecule has 0 aliphatic heterocycles. The van der Waals surface area contributed by atoms with E-state index in [1.54, 1.807) is 0 Å². The summed E-state index contributed by atoms with van der Waals surface area (Å²) >= 11 is 0. The van der Waals surface area contributed by atoms with Gasteiger partial charge in [-0.1, -0.05) is 0 Å². The van der Waals surface area contributed by atoms with Crippen molar-refractivity contribution in [1.29, 1.82) is 0 Å². The van der Waals surface area contributed by atoms with Gasteiger partial charge in [0.25, 0.3) is 0 Å². The molecule has 0 heterocycles. The van der Waals surface area contributed by atoms with Crippen LogP contribution in [-0.2, 0) is 0 Å². The maximum absolute atomic E-state index is 4.90. The molecule has 4 N–H and O–H groups in total. The van der Waals surface area contributed by atoms with Crippen molar-refractivity contribution in [2.75, 3.05) is 13.1 Å². The third-order valence-electron chi connectivity index (χ3n) is 0.167. The summed E-state index contributed by atoms with van der Waals surface area (Å²) in [5.41, 5.74) is 9.81. The van der Waals surface area contributed by atoms with Crippen LogP contribution in [0.2, 0.25) is 0 Å². The maximum atomic E-state index is 4.90. The molecule has 2 nitrogen and oxygen atoms in total. The van der Waals surface area contributed by atoms with Crippen LogP contribution in [0.1, 0.15) is 0 Å². The lowest BCUT2D eigenvalue weighted by Gasteiger charge is -1.72. The Bertz CT molecular complexity index is 9.61. The van der Waals surface area contributed by atoms with Crippen molar-refractivity contribution in [3.8, 4) is 0 Å². The summed E-state index contributed by atoms with van der Waals surface area (Å²) < 4.78 is 0. The van der Waals surface area contributed by atoms with E-state index in [4.69, 9.17) is 11.5 Å². The first-order valence-corrected chi connectivity index (χ1v) is 1.32. The van der Waals surface area contributed by atoms with Gasteiger partial charge in [-0.25, -0.2) is 0 Å². The molecule has 0 amide bonds. The fourth-order valence-electron chi connectivity index (χ4n) is 0. The van der Waals surface area contributed by atoms with E-state index in [1.807, 2.05) is 0 Å². The van der Waals surface area contributed by atoms with Crippen molar-refractivity contribution in [3.63, 3.8) is 0 Å². The molecule has 0 radical (unpaired) electrons. The summed E-state index contributed by atoms with van der Waals surface area (Å²) in [6.45, 7) is 1.19. The van der Waals surface area contributed by atoms with Gasteiger partial charge in [-0.05, 0) is 0 Å². The molecule has 0 unspecified atom stereocenters. The Labute approximate surface area is 34.1 Å². The quantitative estimate of drug-likeness (QED) is 0.344. The van der Waals surface area contributed by atoms with Crippen molar-refractivity contribution in [2.24, 2.45) is 11.5 Å². The molecule has 3 heteroatoms. The number of hydrogen-bond donors (Lipinski definition) is 2. The second-order valence-corrected chi connectivity index (χ2v) is 0.577. The van der Waals surface area contributed by atoms with Crippen LogP contribution < -0.4 is 11.5 Å². The Morgan fingerprint density at radius 1 is 1.00 bits per heavy atom. The minimum Gasteiger partial charge on any atom is -0.329 e. The molecule has 5 heavy (non-hydrogen) atoms. The van der Waals surface area contributed by atoms with Crippen LogP contribution in [0.3, 0.4) is 0 Å². The molecule has 0 rings (SSSR count). The molecule has 0 fully saturated rings. The fourth-order valence-corrected chi connectivity index (χ4v) is 0. The van der Waals surface area contributed by atoms with Crippen molar-refractivity contribution >= 4 is 8.41 Å². The van der Waals surface area contributed by atoms with Gasteiger partial charge in [0, 0.05) is 13.1 Å². The van der Waals surface area contributed by atoms with Crippen LogP contribution in [0.25, 0.3) is 0 Å². The lowest BCUT2D eigenvalue weighted by atomic mass is 10.7. The molecular weight excluding hydrogens is 62.8 g/mol. The smallest absolute Gasteiger partial charge is 0.0814 e. The molecule has 0 aliphatic rings. The van der Waals surface area contributed by atoms with Crippen LogP contribution in [0.5, 0.6) is 0 Å². The monoisotopic (exact) mass is 74.1 g/mol. The molecule has 0 saturated carbocycles. The number of nitrogens with two attached hydrogens (primary N) is 2. The van der Waals surface area contributed by atoms with Gasteiger partial charge in [0.15, 0.2) is 0 Å². The molecule has 0 spiro atoms. The van der Waals surface area contributed by atoms with Gasteiger partial charge in [-0.2, -0.15) is 0 Å².